The van der Waals surface area contributed by atoms with Gasteiger partial charge in [0.25, 0.3) is 0 Å². The van der Waals surface area contributed by atoms with Gasteiger partial charge in [-0.05, 0) is 117 Å². The zero-order chi connectivity index (χ0) is 36.1. The first kappa shape index (κ1) is 38.0. The summed E-state index contributed by atoms with van der Waals surface area (Å²) >= 11 is 0. The molecule has 0 N–H and O–H groups in total. The third-order valence-electron chi connectivity index (χ3n) is 13.6. The fraction of sp³-hybridized carbons (Fsp3) is 0.587. The van der Waals surface area contributed by atoms with Crippen LogP contribution in [0.1, 0.15) is 96.6 Å². The van der Waals surface area contributed by atoms with E-state index in [1.165, 1.54) is 24.0 Å². The number of ether oxygens (including phenoxy) is 2. The fourth-order valence-electron chi connectivity index (χ4n) is 9.56. The van der Waals surface area contributed by atoms with Crippen LogP contribution in [0, 0.1) is 46.8 Å². The van der Waals surface area contributed by atoms with E-state index in [9.17, 15) is 4.79 Å². The number of hydrogen-bond donors (Lipinski definition) is 0. The number of hydrogen-bond acceptors (Lipinski definition) is 4. The number of rotatable bonds is 12. The smallest absolute Gasteiger partial charge is 0.192 e. The third kappa shape index (κ3) is 8.57. The van der Waals surface area contributed by atoms with Crippen molar-refractivity contribution in [1.82, 2.24) is 0 Å². The first-order valence-electron chi connectivity index (χ1n) is 19.8. The zero-order valence-corrected chi connectivity index (χ0v) is 33.2. The zero-order valence-electron chi connectivity index (χ0n) is 32.2. The van der Waals surface area contributed by atoms with Gasteiger partial charge in [0, 0.05) is 11.8 Å². The number of carbonyl (C=O) groups is 1. The largest absolute Gasteiger partial charge is 0.415 e. The highest BCUT2D eigenvalue weighted by molar-refractivity contribution is 6.74. The third-order valence-corrected chi connectivity index (χ3v) is 18.1. The molecule has 2 aromatic carbocycles. The van der Waals surface area contributed by atoms with E-state index in [4.69, 9.17) is 13.9 Å². The van der Waals surface area contributed by atoms with Crippen molar-refractivity contribution in [2.24, 2.45) is 35.0 Å². The monoisotopic (exact) mass is 706 g/mol. The Morgan fingerprint density at radius 3 is 2.37 bits per heavy atom. The van der Waals surface area contributed by atoms with Gasteiger partial charge in [0.15, 0.2) is 14.1 Å². The van der Waals surface area contributed by atoms with Gasteiger partial charge < -0.3 is 13.9 Å². The summed E-state index contributed by atoms with van der Waals surface area (Å²) in [5.74, 6) is 10.5. The second kappa shape index (κ2) is 16.1. The minimum Gasteiger partial charge on any atom is -0.415 e. The van der Waals surface area contributed by atoms with Crippen LogP contribution < -0.4 is 0 Å². The summed E-state index contributed by atoms with van der Waals surface area (Å²) < 4.78 is 20.0. The summed E-state index contributed by atoms with van der Waals surface area (Å²) in [6.07, 6.45) is 17.0. The summed E-state index contributed by atoms with van der Waals surface area (Å²) in [6, 6.07) is 21.1. The van der Waals surface area contributed by atoms with Crippen molar-refractivity contribution < 1.29 is 18.7 Å². The average molecular weight is 707 g/mol. The Bertz CT molecular complexity index is 1590. The lowest BCUT2D eigenvalue weighted by Gasteiger charge is -2.55. The highest BCUT2D eigenvalue weighted by atomic mass is 28.4. The SMILES string of the molecule is CC(C)(C)[Si](C)(C)OC[C@@H](C#C[C@]1(OCOCc2ccccc2)CC[C@H]2[C@@H]3CCC4=CC(=O)CC[C@@H]4[C@H]3CC[C@@]21C)/C=C/CCc1ccccc1. The van der Waals surface area contributed by atoms with E-state index in [0.717, 1.165) is 50.5 Å². The highest BCUT2D eigenvalue weighted by Gasteiger charge is 2.63. The standard InChI is InChI=1S/C46H62O4Si/c1-44(2,3)51(5,6)50-33-37(20-14-13-17-35-15-9-7-10-16-35)25-29-46(49-34-48-32-36-18-11-8-12-19-36)30-27-43-42-23-21-38-31-39(47)22-24-40(38)41(42)26-28-45(43,46)4/h7-12,14-16,18-20,31,37,40-43H,13,17,21-24,26-28,30,32-34H2,1-6H3/b20-14+/t37-,40+,41-,42-,43+,45+,46+/m1/s1. The van der Waals surface area contributed by atoms with Gasteiger partial charge in [-0.2, -0.15) is 0 Å². The highest BCUT2D eigenvalue weighted by Crippen LogP contribution is 2.65. The van der Waals surface area contributed by atoms with Crippen molar-refractivity contribution in [3.8, 4) is 11.8 Å². The minimum absolute atomic E-state index is 0.0123. The van der Waals surface area contributed by atoms with Gasteiger partial charge in [-0.3, -0.25) is 4.79 Å². The van der Waals surface area contributed by atoms with Crippen LogP contribution in [-0.4, -0.2) is 33.1 Å². The Morgan fingerprint density at radius 2 is 1.65 bits per heavy atom. The molecule has 0 unspecified atom stereocenters. The van der Waals surface area contributed by atoms with E-state index in [-0.39, 0.29) is 23.2 Å². The van der Waals surface area contributed by atoms with Crippen molar-refractivity contribution in [3.63, 3.8) is 0 Å². The molecule has 0 amide bonds. The number of allylic oxidation sites excluding steroid dienone is 2. The molecule has 7 atom stereocenters. The van der Waals surface area contributed by atoms with E-state index < -0.39 is 13.9 Å². The van der Waals surface area contributed by atoms with Crippen LogP contribution in [-0.2, 0) is 31.7 Å². The van der Waals surface area contributed by atoms with Gasteiger partial charge in [-0.15, -0.1) is 0 Å². The number of ketones is 1. The van der Waals surface area contributed by atoms with Crippen LogP contribution in [0.15, 0.2) is 84.5 Å². The molecule has 3 fully saturated rings. The normalized spacial score (nSPS) is 29.8. The Balaban J connectivity index is 1.26. The molecule has 0 radical (unpaired) electrons. The first-order valence-corrected chi connectivity index (χ1v) is 22.7. The lowest BCUT2D eigenvalue weighted by Crippen LogP contribution is -2.53. The maximum absolute atomic E-state index is 12.3. The summed E-state index contributed by atoms with van der Waals surface area (Å²) in [5, 5.41) is 0.133. The summed E-state index contributed by atoms with van der Waals surface area (Å²) in [5.41, 5.74) is 3.30. The predicted octanol–water partition coefficient (Wildman–Crippen LogP) is 10.9. The molecule has 0 saturated heterocycles. The van der Waals surface area contributed by atoms with E-state index >= 15 is 0 Å². The molecule has 3 saturated carbocycles. The Kier molecular flexibility index (Phi) is 12.0. The Labute approximate surface area is 309 Å². The van der Waals surface area contributed by atoms with E-state index in [1.807, 2.05) is 12.1 Å². The molecule has 0 aliphatic heterocycles. The van der Waals surface area contributed by atoms with E-state index in [2.05, 4.69) is 119 Å². The molecular weight excluding hydrogens is 645 g/mol. The molecule has 0 spiro atoms. The predicted molar refractivity (Wildman–Crippen MR) is 210 cm³/mol. The van der Waals surface area contributed by atoms with Crippen LogP contribution in [0.5, 0.6) is 0 Å². The molecule has 0 heterocycles. The van der Waals surface area contributed by atoms with Crippen LogP contribution in [0.4, 0.5) is 0 Å². The second-order valence-corrected chi connectivity index (χ2v) is 22.4. The molecule has 0 bridgehead atoms. The average Bonchev–Trinajstić information content (AvgIpc) is 3.41. The van der Waals surface area contributed by atoms with Crippen LogP contribution in [0.25, 0.3) is 0 Å². The molecule has 274 valence electrons. The lowest BCUT2D eigenvalue weighted by molar-refractivity contribution is -0.178. The topological polar surface area (TPSA) is 44.8 Å². The van der Waals surface area contributed by atoms with Crippen LogP contribution in [0.2, 0.25) is 18.1 Å². The summed E-state index contributed by atoms with van der Waals surface area (Å²) in [6.45, 7) is 15.4. The molecule has 2 aromatic rings. The van der Waals surface area contributed by atoms with Gasteiger partial charge in [-0.25, -0.2) is 0 Å². The fourth-order valence-corrected chi connectivity index (χ4v) is 10.6. The Morgan fingerprint density at radius 1 is 0.922 bits per heavy atom. The minimum atomic E-state index is -1.96. The molecule has 0 aromatic heterocycles. The summed E-state index contributed by atoms with van der Waals surface area (Å²) in [4.78, 5) is 12.3. The van der Waals surface area contributed by atoms with E-state index in [0.29, 0.717) is 49.1 Å². The van der Waals surface area contributed by atoms with E-state index in [1.54, 1.807) is 0 Å². The molecule has 4 aliphatic carbocycles. The van der Waals surface area contributed by atoms with Crippen molar-refractivity contribution in [1.29, 1.82) is 0 Å². The number of fused-ring (bicyclic) bond motifs is 5. The van der Waals surface area contributed by atoms with Gasteiger partial charge >= 0.3 is 0 Å². The lowest BCUT2D eigenvalue weighted by atomic mass is 9.50. The summed E-state index contributed by atoms with van der Waals surface area (Å²) in [7, 11) is -1.96. The van der Waals surface area contributed by atoms with Crippen molar-refractivity contribution >= 4 is 14.1 Å². The quantitative estimate of drug-likeness (QED) is 0.0725. The molecule has 4 nitrogen and oxygen atoms in total. The maximum Gasteiger partial charge on any atom is 0.192 e. The number of benzene rings is 2. The van der Waals surface area contributed by atoms with Gasteiger partial charge in [-0.1, -0.05) is 118 Å². The second-order valence-electron chi connectivity index (χ2n) is 17.6. The number of aryl methyl sites for hydroxylation is 1. The van der Waals surface area contributed by atoms with Gasteiger partial charge in [0.05, 0.1) is 19.1 Å². The van der Waals surface area contributed by atoms with Crippen LogP contribution in [0.3, 0.4) is 0 Å². The maximum atomic E-state index is 12.3. The van der Waals surface area contributed by atoms with Gasteiger partial charge in [0.1, 0.15) is 12.4 Å². The van der Waals surface area contributed by atoms with Crippen LogP contribution >= 0.6 is 0 Å². The molecule has 4 aliphatic rings. The van der Waals surface area contributed by atoms with Crippen molar-refractivity contribution in [2.75, 3.05) is 13.4 Å². The number of carbonyl (C=O) groups excluding carboxylic acids is 1. The molecule has 51 heavy (non-hydrogen) atoms. The van der Waals surface area contributed by atoms with Gasteiger partial charge in [0.2, 0.25) is 0 Å². The molecular formula is C46H62O4Si. The van der Waals surface area contributed by atoms with Crippen molar-refractivity contribution in [2.45, 2.75) is 122 Å². The molecule has 5 heteroatoms. The first-order chi connectivity index (χ1) is 24.4. The molecule has 6 rings (SSSR count). The Hall–Kier alpha value is -2.75. The van der Waals surface area contributed by atoms with Crippen molar-refractivity contribution in [3.05, 3.63) is 95.6 Å².